The van der Waals surface area contributed by atoms with Gasteiger partial charge in [-0.05, 0) is 30.5 Å². The Kier molecular flexibility index (Phi) is 3.87. The summed E-state index contributed by atoms with van der Waals surface area (Å²) in [6.07, 6.45) is 2.26. The van der Waals surface area contributed by atoms with Gasteiger partial charge in [0.2, 0.25) is 5.13 Å². The van der Waals surface area contributed by atoms with Gasteiger partial charge in [0.15, 0.2) is 0 Å². The van der Waals surface area contributed by atoms with Gasteiger partial charge in [-0.3, -0.25) is 4.72 Å². The highest BCUT2D eigenvalue weighted by Crippen LogP contribution is 2.22. The molecule has 1 fully saturated rings. The Hall–Kier alpha value is -1.58. The molecule has 2 N–H and O–H groups in total. The largest absolute Gasteiger partial charge is 0.310 e. The number of rotatable bonds is 6. The minimum Gasteiger partial charge on any atom is -0.310 e. The molecule has 0 spiro atoms. The maximum absolute atomic E-state index is 13.8. The van der Waals surface area contributed by atoms with Gasteiger partial charge in [-0.2, -0.15) is 0 Å². The molecule has 1 aliphatic carbocycles. The molecule has 1 saturated carbocycles. The van der Waals surface area contributed by atoms with E-state index in [0.29, 0.717) is 12.6 Å². The minimum atomic E-state index is -4.00. The van der Waals surface area contributed by atoms with Gasteiger partial charge in [-0.1, -0.05) is 17.4 Å². The summed E-state index contributed by atoms with van der Waals surface area (Å²) in [6, 6.07) is 4.58. The standard InChI is InChI=1S/C12H13FN4O2S2/c13-10-4-1-8(6-14-9-2-3-9)5-11(10)21(18,19)17-12-16-15-7-20-12/h1,4-5,7,9,14H,2-3,6H2,(H,16,17). The van der Waals surface area contributed by atoms with Crippen LogP contribution in [-0.2, 0) is 16.6 Å². The van der Waals surface area contributed by atoms with Crippen LogP contribution in [0.2, 0.25) is 0 Å². The molecule has 3 rings (SSSR count). The third-order valence-corrected chi connectivity index (χ3v) is 5.13. The van der Waals surface area contributed by atoms with Crippen molar-refractivity contribution in [2.24, 2.45) is 0 Å². The fourth-order valence-electron chi connectivity index (χ4n) is 1.80. The van der Waals surface area contributed by atoms with Crippen LogP contribution in [0.25, 0.3) is 0 Å². The lowest BCUT2D eigenvalue weighted by molar-refractivity contribution is 0.568. The van der Waals surface area contributed by atoms with Crippen LogP contribution < -0.4 is 10.0 Å². The van der Waals surface area contributed by atoms with Crippen molar-refractivity contribution in [1.82, 2.24) is 15.5 Å². The number of nitrogens with one attached hydrogen (secondary N) is 2. The highest BCUT2D eigenvalue weighted by atomic mass is 32.2. The summed E-state index contributed by atoms with van der Waals surface area (Å²) in [5.41, 5.74) is 2.12. The van der Waals surface area contributed by atoms with Crippen molar-refractivity contribution in [3.05, 3.63) is 35.1 Å². The average Bonchev–Trinajstić information content (AvgIpc) is 3.14. The molecule has 6 nitrogen and oxygen atoms in total. The Morgan fingerprint density at radius 2 is 2.19 bits per heavy atom. The monoisotopic (exact) mass is 328 g/mol. The Morgan fingerprint density at radius 3 is 2.86 bits per heavy atom. The van der Waals surface area contributed by atoms with Crippen molar-refractivity contribution in [2.45, 2.75) is 30.3 Å². The highest BCUT2D eigenvalue weighted by molar-refractivity contribution is 7.93. The van der Waals surface area contributed by atoms with E-state index in [1.807, 2.05) is 0 Å². The predicted octanol–water partition coefficient (Wildman–Crippen LogP) is 1.73. The Morgan fingerprint density at radius 1 is 1.38 bits per heavy atom. The van der Waals surface area contributed by atoms with Gasteiger partial charge < -0.3 is 5.32 Å². The van der Waals surface area contributed by atoms with Crippen LogP contribution >= 0.6 is 11.3 Å². The molecular weight excluding hydrogens is 315 g/mol. The van der Waals surface area contributed by atoms with E-state index in [1.165, 1.54) is 17.6 Å². The molecule has 1 aromatic heterocycles. The molecule has 0 saturated heterocycles. The van der Waals surface area contributed by atoms with Crippen LogP contribution in [0.1, 0.15) is 18.4 Å². The summed E-state index contributed by atoms with van der Waals surface area (Å²) in [7, 11) is -4.00. The highest BCUT2D eigenvalue weighted by Gasteiger charge is 2.23. The number of anilines is 1. The van der Waals surface area contributed by atoms with Crippen LogP contribution in [0.3, 0.4) is 0 Å². The third-order valence-electron chi connectivity index (χ3n) is 3.04. The molecule has 0 bridgehead atoms. The summed E-state index contributed by atoms with van der Waals surface area (Å²) in [4.78, 5) is -0.382. The molecule has 0 amide bonds. The molecule has 9 heteroatoms. The quantitative estimate of drug-likeness (QED) is 0.844. The fraction of sp³-hybridized carbons (Fsp3) is 0.333. The zero-order valence-electron chi connectivity index (χ0n) is 10.9. The van der Waals surface area contributed by atoms with Crippen molar-refractivity contribution in [3.8, 4) is 0 Å². The number of aromatic nitrogens is 2. The summed E-state index contributed by atoms with van der Waals surface area (Å²) in [6.45, 7) is 0.520. The molecule has 21 heavy (non-hydrogen) atoms. The van der Waals surface area contributed by atoms with Crippen molar-refractivity contribution in [3.63, 3.8) is 0 Å². The van der Waals surface area contributed by atoms with Crippen LogP contribution in [0.5, 0.6) is 0 Å². The van der Waals surface area contributed by atoms with E-state index in [9.17, 15) is 12.8 Å². The van der Waals surface area contributed by atoms with Gasteiger partial charge in [-0.25, -0.2) is 12.8 Å². The zero-order valence-corrected chi connectivity index (χ0v) is 12.5. The van der Waals surface area contributed by atoms with Gasteiger partial charge in [0.05, 0.1) is 0 Å². The summed E-state index contributed by atoms with van der Waals surface area (Å²) < 4.78 is 40.4. The fourth-order valence-corrected chi connectivity index (χ4v) is 3.62. The summed E-state index contributed by atoms with van der Waals surface area (Å²) in [5.74, 6) is -0.790. The molecule has 1 aromatic carbocycles. The van der Waals surface area contributed by atoms with Crippen LogP contribution in [0, 0.1) is 5.82 Å². The van der Waals surface area contributed by atoms with Crippen molar-refractivity contribution in [2.75, 3.05) is 4.72 Å². The van der Waals surface area contributed by atoms with Crippen LogP contribution in [-0.4, -0.2) is 24.7 Å². The smallest absolute Gasteiger partial charge is 0.266 e. The lowest BCUT2D eigenvalue weighted by atomic mass is 10.2. The van der Waals surface area contributed by atoms with Crippen LogP contribution in [0.15, 0.2) is 28.6 Å². The molecule has 0 unspecified atom stereocenters. The molecule has 1 heterocycles. The SMILES string of the molecule is O=S(=O)(Nc1nncs1)c1cc(CNC2CC2)ccc1F. The summed E-state index contributed by atoms with van der Waals surface area (Å²) in [5, 5.41) is 10.5. The second kappa shape index (κ2) is 5.66. The van der Waals surface area contributed by atoms with Gasteiger partial charge in [0.25, 0.3) is 10.0 Å². The first-order valence-electron chi connectivity index (χ1n) is 6.35. The maximum Gasteiger partial charge on any atom is 0.266 e. The molecular formula is C12H13FN4O2S2. The number of hydrogen-bond donors (Lipinski definition) is 2. The van der Waals surface area contributed by atoms with E-state index in [2.05, 4.69) is 20.2 Å². The first-order valence-corrected chi connectivity index (χ1v) is 8.72. The molecule has 112 valence electrons. The lowest BCUT2D eigenvalue weighted by Gasteiger charge is -2.09. The topological polar surface area (TPSA) is 84.0 Å². The molecule has 1 aliphatic rings. The van der Waals surface area contributed by atoms with Crippen molar-refractivity contribution in [1.29, 1.82) is 0 Å². The minimum absolute atomic E-state index is 0.107. The molecule has 0 atom stereocenters. The van der Waals surface area contributed by atoms with E-state index >= 15 is 0 Å². The predicted molar refractivity (Wildman–Crippen MR) is 77.0 cm³/mol. The van der Waals surface area contributed by atoms with Gasteiger partial charge >= 0.3 is 0 Å². The number of sulfonamides is 1. The number of hydrogen-bond acceptors (Lipinski definition) is 6. The second-order valence-corrected chi connectivity index (χ2v) is 7.25. The van der Waals surface area contributed by atoms with Gasteiger partial charge in [0.1, 0.15) is 16.2 Å². The number of halogens is 1. The maximum atomic E-state index is 13.8. The first-order chi connectivity index (χ1) is 10.0. The number of benzene rings is 1. The molecule has 0 radical (unpaired) electrons. The van der Waals surface area contributed by atoms with Crippen molar-refractivity contribution < 1.29 is 12.8 Å². The summed E-state index contributed by atoms with van der Waals surface area (Å²) >= 11 is 1.03. The van der Waals surface area contributed by atoms with Crippen molar-refractivity contribution >= 4 is 26.5 Å². The van der Waals surface area contributed by atoms with E-state index in [-0.39, 0.29) is 10.0 Å². The van der Waals surface area contributed by atoms with E-state index in [1.54, 1.807) is 6.07 Å². The van der Waals surface area contributed by atoms with Crippen LogP contribution in [0.4, 0.5) is 9.52 Å². The van der Waals surface area contributed by atoms with E-state index in [4.69, 9.17) is 0 Å². The average molecular weight is 328 g/mol. The normalized spacial score (nSPS) is 15.1. The number of nitrogens with zero attached hydrogens (tertiary/aromatic N) is 2. The van der Waals surface area contributed by atoms with E-state index in [0.717, 1.165) is 29.7 Å². The molecule has 0 aliphatic heterocycles. The van der Waals surface area contributed by atoms with E-state index < -0.39 is 15.8 Å². The molecule has 2 aromatic rings. The lowest BCUT2D eigenvalue weighted by Crippen LogP contribution is -2.18. The Bertz CT molecular complexity index is 730. The zero-order chi connectivity index (χ0) is 14.9. The Labute approximate surface area is 125 Å². The Balaban J connectivity index is 1.83. The third kappa shape index (κ3) is 3.55. The van der Waals surface area contributed by atoms with Gasteiger partial charge in [-0.15, -0.1) is 10.2 Å². The second-order valence-electron chi connectivity index (χ2n) is 4.77. The first kappa shape index (κ1) is 14.4. The van der Waals surface area contributed by atoms with Gasteiger partial charge in [0, 0.05) is 12.6 Å².